The number of hydrogen-bond acceptors (Lipinski definition) is 2. The first-order chi connectivity index (χ1) is 10.3. The van der Waals surface area contributed by atoms with Gasteiger partial charge in [0.15, 0.2) is 0 Å². The molecule has 2 fully saturated rings. The van der Waals surface area contributed by atoms with Gasteiger partial charge in [-0.05, 0) is 51.3 Å². The molecule has 0 unspecified atom stereocenters. The van der Waals surface area contributed by atoms with E-state index >= 15 is 0 Å². The largest absolute Gasteiger partial charge is 0.338 e. The minimum Gasteiger partial charge on any atom is -0.338 e. The number of carbonyl (C=O) groups is 1. The molecule has 0 aromatic heterocycles. The Kier molecular flexibility index (Phi) is 4.59. The Labute approximate surface area is 127 Å². The van der Waals surface area contributed by atoms with Gasteiger partial charge in [0.1, 0.15) is 0 Å². The molecular formula is C18H26N2O. The third-order valence-corrected chi connectivity index (χ3v) is 5.11. The van der Waals surface area contributed by atoms with E-state index < -0.39 is 0 Å². The molecule has 0 radical (unpaired) electrons. The van der Waals surface area contributed by atoms with Gasteiger partial charge in [0.25, 0.3) is 0 Å². The fraction of sp³-hybridized carbons (Fsp3) is 0.611. The summed E-state index contributed by atoms with van der Waals surface area (Å²) in [6, 6.07) is 11.4. The Morgan fingerprint density at radius 2 is 1.81 bits per heavy atom. The summed E-state index contributed by atoms with van der Waals surface area (Å²) < 4.78 is 0. The quantitative estimate of drug-likeness (QED) is 0.849. The Bertz CT molecular complexity index is 473. The number of aryl methyl sites for hydroxylation is 1. The zero-order chi connectivity index (χ0) is 14.7. The van der Waals surface area contributed by atoms with Gasteiger partial charge in [0.05, 0.1) is 0 Å². The van der Waals surface area contributed by atoms with Crippen molar-refractivity contribution in [3.8, 4) is 0 Å². The molecule has 0 bridgehead atoms. The van der Waals surface area contributed by atoms with E-state index in [1.807, 2.05) is 18.2 Å². The lowest BCUT2D eigenvalue weighted by Gasteiger charge is -2.33. The van der Waals surface area contributed by atoms with E-state index in [2.05, 4.69) is 29.0 Å². The molecule has 3 nitrogen and oxygen atoms in total. The maximum atomic E-state index is 12.6. The maximum absolute atomic E-state index is 12.6. The summed E-state index contributed by atoms with van der Waals surface area (Å²) in [6.45, 7) is 2.15. The Morgan fingerprint density at radius 1 is 1.10 bits per heavy atom. The summed E-state index contributed by atoms with van der Waals surface area (Å²) in [5.74, 6) is 0.349. The first-order valence-corrected chi connectivity index (χ1v) is 8.29. The molecule has 2 aliphatic rings. The van der Waals surface area contributed by atoms with Crippen LogP contribution in [-0.2, 0) is 11.2 Å². The molecule has 2 saturated heterocycles. The van der Waals surface area contributed by atoms with Crippen molar-refractivity contribution >= 4 is 5.91 Å². The molecule has 1 amide bonds. The number of likely N-dealkylation sites (tertiary alicyclic amines) is 2. The number of hydrogen-bond donors (Lipinski definition) is 0. The predicted molar refractivity (Wildman–Crippen MR) is 85.2 cm³/mol. The van der Waals surface area contributed by atoms with Crippen molar-refractivity contribution in [2.24, 2.45) is 0 Å². The third-order valence-electron chi connectivity index (χ3n) is 5.11. The molecule has 2 aliphatic heterocycles. The molecule has 114 valence electrons. The van der Waals surface area contributed by atoms with Crippen LogP contribution in [0.3, 0.4) is 0 Å². The van der Waals surface area contributed by atoms with Crippen molar-refractivity contribution in [2.75, 3.05) is 20.1 Å². The van der Waals surface area contributed by atoms with E-state index in [1.54, 1.807) is 0 Å². The van der Waals surface area contributed by atoms with Crippen molar-refractivity contribution in [3.05, 3.63) is 35.9 Å². The molecule has 3 heteroatoms. The first kappa shape index (κ1) is 14.6. The van der Waals surface area contributed by atoms with Gasteiger partial charge in [-0.25, -0.2) is 0 Å². The van der Waals surface area contributed by atoms with Crippen molar-refractivity contribution < 1.29 is 4.79 Å². The Hall–Kier alpha value is -1.35. The van der Waals surface area contributed by atoms with Gasteiger partial charge in [-0.3, -0.25) is 4.79 Å². The average Bonchev–Trinajstić information content (AvgIpc) is 3.14. The maximum Gasteiger partial charge on any atom is 0.223 e. The van der Waals surface area contributed by atoms with Crippen LogP contribution in [0.15, 0.2) is 30.3 Å². The number of benzene rings is 1. The topological polar surface area (TPSA) is 23.6 Å². The molecule has 1 aromatic rings. The van der Waals surface area contributed by atoms with Crippen LogP contribution in [0.5, 0.6) is 0 Å². The zero-order valence-corrected chi connectivity index (χ0v) is 13.0. The summed E-state index contributed by atoms with van der Waals surface area (Å²) in [7, 11) is 2.21. The van der Waals surface area contributed by atoms with Gasteiger partial charge in [0.2, 0.25) is 5.91 Å². The normalized spacial score (nSPS) is 26.4. The minimum atomic E-state index is 0.349. The van der Waals surface area contributed by atoms with E-state index in [0.717, 1.165) is 13.0 Å². The Morgan fingerprint density at radius 3 is 2.52 bits per heavy atom. The molecular weight excluding hydrogens is 260 g/mol. The molecule has 2 atom stereocenters. The fourth-order valence-electron chi connectivity index (χ4n) is 3.96. The highest BCUT2D eigenvalue weighted by atomic mass is 16.2. The molecule has 21 heavy (non-hydrogen) atoms. The molecule has 3 rings (SSSR count). The lowest BCUT2D eigenvalue weighted by Crippen LogP contribution is -2.47. The molecule has 0 N–H and O–H groups in total. The van der Waals surface area contributed by atoms with E-state index in [1.165, 1.54) is 37.8 Å². The summed E-state index contributed by atoms with van der Waals surface area (Å²) in [5, 5.41) is 0. The second-order valence-electron chi connectivity index (χ2n) is 6.47. The number of rotatable bonds is 4. The van der Waals surface area contributed by atoms with Gasteiger partial charge in [-0.1, -0.05) is 30.3 Å². The summed E-state index contributed by atoms with van der Waals surface area (Å²) in [4.78, 5) is 17.2. The fourth-order valence-corrected chi connectivity index (χ4v) is 3.96. The van der Waals surface area contributed by atoms with Crippen LogP contribution in [0, 0.1) is 0 Å². The van der Waals surface area contributed by atoms with E-state index in [0.29, 0.717) is 24.4 Å². The van der Waals surface area contributed by atoms with Crippen molar-refractivity contribution in [1.82, 2.24) is 9.80 Å². The van der Waals surface area contributed by atoms with Gasteiger partial charge < -0.3 is 9.80 Å². The highest BCUT2D eigenvalue weighted by Gasteiger charge is 2.37. The SMILES string of the molecule is CN1CCC[C@@H]1[C@@H]1CCCN1C(=O)CCc1ccccc1. The highest BCUT2D eigenvalue weighted by molar-refractivity contribution is 5.77. The van der Waals surface area contributed by atoms with Crippen LogP contribution in [0.25, 0.3) is 0 Å². The smallest absolute Gasteiger partial charge is 0.223 e. The van der Waals surface area contributed by atoms with Gasteiger partial charge in [0, 0.05) is 25.0 Å². The van der Waals surface area contributed by atoms with Gasteiger partial charge in [-0.15, -0.1) is 0 Å². The zero-order valence-electron chi connectivity index (χ0n) is 13.0. The van der Waals surface area contributed by atoms with Crippen LogP contribution in [0.4, 0.5) is 0 Å². The van der Waals surface area contributed by atoms with Crippen molar-refractivity contribution in [1.29, 1.82) is 0 Å². The number of carbonyl (C=O) groups excluding carboxylic acids is 1. The first-order valence-electron chi connectivity index (χ1n) is 8.29. The molecule has 0 spiro atoms. The second kappa shape index (κ2) is 6.61. The summed E-state index contributed by atoms with van der Waals surface area (Å²) in [6.07, 6.45) is 6.41. The molecule has 0 saturated carbocycles. The average molecular weight is 286 g/mol. The van der Waals surface area contributed by atoms with Crippen LogP contribution >= 0.6 is 0 Å². The predicted octanol–water partition coefficient (Wildman–Crippen LogP) is 2.70. The Balaban J connectivity index is 1.58. The molecule has 0 aliphatic carbocycles. The third kappa shape index (κ3) is 3.29. The van der Waals surface area contributed by atoms with E-state index in [-0.39, 0.29) is 0 Å². The van der Waals surface area contributed by atoms with Crippen LogP contribution in [0.1, 0.15) is 37.7 Å². The number of nitrogens with zero attached hydrogens (tertiary/aromatic N) is 2. The van der Waals surface area contributed by atoms with Crippen molar-refractivity contribution in [2.45, 2.75) is 50.6 Å². The van der Waals surface area contributed by atoms with E-state index in [9.17, 15) is 4.79 Å². The van der Waals surface area contributed by atoms with Gasteiger partial charge >= 0.3 is 0 Å². The summed E-state index contributed by atoms with van der Waals surface area (Å²) >= 11 is 0. The van der Waals surface area contributed by atoms with Gasteiger partial charge in [-0.2, -0.15) is 0 Å². The monoisotopic (exact) mass is 286 g/mol. The lowest BCUT2D eigenvalue weighted by atomic mass is 10.0. The second-order valence-corrected chi connectivity index (χ2v) is 6.47. The van der Waals surface area contributed by atoms with E-state index in [4.69, 9.17) is 0 Å². The number of likely N-dealkylation sites (N-methyl/N-ethyl adjacent to an activating group) is 1. The minimum absolute atomic E-state index is 0.349. The highest BCUT2D eigenvalue weighted by Crippen LogP contribution is 2.29. The standard InChI is InChI=1S/C18H26N2O/c1-19-13-5-9-16(19)17-10-6-14-20(17)18(21)12-11-15-7-3-2-4-8-15/h2-4,7-8,16-17H,5-6,9-14H2,1H3/t16-,17+/m1/s1. The summed E-state index contributed by atoms with van der Waals surface area (Å²) in [5.41, 5.74) is 1.26. The van der Waals surface area contributed by atoms with Crippen molar-refractivity contribution in [3.63, 3.8) is 0 Å². The number of amides is 1. The lowest BCUT2D eigenvalue weighted by molar-refractivity contribution is -0.132. The molecule has 2 heterocycles. The van der Waals surface area contributed by atoms with Crippen LogP contribution in [0.2, 0.25) is 0 Å². The molecule has 1 aromatic carbocycles. The van der Waals surface area contributed by atoms with Crippen LogP contribution in [-0.4, -0.2) is 47.9 Å². The van der Waals surface area contributed by atoms with Crippen LogP contribution < -0.4 is 0 Å².